The van der Waals surface area contributed by atoms with Gasteiger partial charge in [0.05, 0.1) is 6.04 Å². The molecule has 0 spiro atoms. The highest BCUT2D eigenvalue weighted by Crippen LogP contribution is 2.38. The molecule has 0 aromatic heterocycles. The van der Waals surface area contributed by atoms with Crippen molar-refractivity contribution in [1.82, 2.24) is 5.32 Å². The molecule has 2 atom stereocenters. The summed E-state index contributed by atoms with van der Waals surface area (Å²) in [7, 11) is 0. The third-order valence-electron chi connectivity index (χ3n) is 4.69. The zero-order valence-electron chi connectivity index (χ0n) is 15.8. The Labute approximate surface area is 150 Å². The van der Waals surface area contributed by atoms with Crippen LogP contribution in [0.15, 0.2) is 18.2 Å². The normalized spacial score (nSPS) is 22.5. The summed E-state index contributed by atoms with van der Waals surface area (Å²) >= 11 is 0. The van der Waals surface area contributed by atoms with E-state index in [2.05, 4.69) is 35.3 Å². The lowest BCUT2D eigenvalue weighted by molar-refractivity contribution is 0.0509. The third kappa shape index (κ3) is 4.39. The molecule has 2 aliphatic rings. The van der Waals surface area contributed by atoms with Crippen molar-refractivity contribution in [3.63, 3.8) is 0 Å². The van der Waals surface area contributed by atoms with E-state index in [9.17, 15) is 4.79 Å². The molecule has 1 amide bonds. The molecule has 1 aromatic rings. The summed E-state index contributed by atoms with van der Waals surface area (Å²) in [6.07, 6.45) is 4.13. The van der Waals surface area contributed by atoms with Gasteiger partial charge in [-0.25, -0.2) is 4.79 Å². The third-order valence-corrected chi connectivity index (χ3v) is 4.69. The Morgan fingerprint density at radius 2 is 2.20 bits per heavy atom. The zero-order chi connectivity index (χ0) is 18.0. The molecule has 0 aliphatic carbocycles. The SMILES string of the molecule is CCCC1Cc2c(cccc2N2CCC(NC(=O)OC(C)(C)C)C2)O1. The molecule has 1 aromatic carbocycles. The van der Waals surface area contributed by atoms with Gasteiger partial charge in [0.15, 0.2) is 0 Å². The van der Waals surface area contributed by atoms with E-state index in [1.807, 2.05) is 20.8 Å². The van der Waals surface area contributed by atoms with Gasteiger partial charge < -0.3 is 19.7 Å². The van der Waals surface area contributed by atoms with E-state index in [-0.39, 0.29) is 12.1 Å². The van der Waals surface area contributed by atoms with E-state index in [1.54, 1.807) is 0 Å². The molecule has 1 N–H and O–H groups in total. The van der Waals surface area contributed by atoms with E-state index >= 15 is 0 Å². The highest BCUT2D eigenvalue weighted by molar-refractivity contribution is 5.69. The smallest absolute Gasteiger partial charge is 0.407 e. The molecule has 5 nitrogen and oxygen atoms in total. The lowest BCUT2D eigenvalue weighted by Gasteiger charge is -2.23. The van der Waals surface area contributed by atoms with Crippen LogP contribution in [0.25, 0.3) is 0 Å². The maximum absolute atomic E-state index is 12.0. The highest BCUT2D eigenvalue weighted by atomic mass is 16.6. The molecule has 0 bridgehead atoms. The van der Waals surface area contributed by atoms with Crippen LogP contribution in [-0.2, 0) is 11.2 Å². The van der Waals surface area contributed by atoms with Crippen LogP contribution in [0.4, 0.5) is 10.5 Å². The Morgan fingerprint density at radius 3 is 2.92 bits per heavy atom. The van der Waals surface area contributed by atoms with Crippen LogP contribution in [0.2, 0.25) is 0 Å². The topological polar surface area (TPSA) is 50.8 Å². The maximum Gasteiger partial charge on any atom is 0.407 e. The minimum Gasteiger partial charge on any atom is -0.490 e. The van der Waals surface area contributed by atoms with E-state index in [1.165, 1.54) is 11.3 Å². The second kappa shape index (κ2) is 7.14. The van der Waals surface area contributed by atoms with Crippen molar-refractivity contribution in [1.29, 1.82) is 0 Å². The molecule has 2 aliphatic heterocycles. The van der Waals surface area contributed by atoms with Crippen LogP contribution >= 0.6 is 0 Å². The number of ether oxygens (including phenoxy) is 2. The van der Waals surface area contributed by atoms with Crippen molar-refractivity contribution in [2.24, 2.45) is 0 Å². The summed E-state index contributed by atoms with van der Waals surface area (Å²) in [5, 5.41) is 3.00. The summed E-state index contributed by atoms with van der Waals surface area (Å²) in [6.45, 7) is 9.60. The Morgan fingerprint density at radius 1 is 1.40 bits per heavy atom. The average Bonchev–Trinajstić information content (AvgIpc) is 3.11. The number of rotatable bonds is 4. The number of nitrogens with one attached hydrogen (secondary N) is 1. The number of hydrogen-bond donors (Lipinski definition) is 1. The van der Waals surface area contributed by atoms with Gasteiger partial charge >= 0.3 is 6.09 Å². The van der Waals surface area contributed by atoms with E-state index in [4.69, 9.17) is 9.47 Å². The highest BCUT2D eigenvalue weighted by Gasteiger charge is 2.31. The summed E-state index contributed by atoms with van der Waals surface area (Å²) in [4.78, 5) is 14.3. The Balaban J connectivity index is 1.62. The Bertz CT molecular complexity index is 624. The second-order valence-corrected chi connectivity index (χ2v) is 8.06. The fourth-order valence-corrected chi connectivity index (χ4v) is 3.67. The summed E-state index contributed by atoms with van der Waals surface area (Å²) in [6, 6.07) is 6.43. The zero-order valence-corrected chi connectivity index (χ0v) is 15.8. The van der Waals surface area contributed by atoms with Gasteiger partial charge in [0.25, 0.3) is 0 Å². The maximum atomic E-state index is 12.0. The molecule has 0 saturated carbocycles. The number of fused-ring (bicyclic) bond motifs is 1. The van der Waals surface area contributed by atoms with Crippen molar-refractivity contribution < 1.29 is 14.3 Å². The molecule has 138 valence electrons. The number of amides is 1. The van der Waals surface area contributed by atoms with Crippen LogP contribution in [0.3, 0.4) is 0 Å². The predicted molar refractivity (Wildman–Crippen MR) is 99.5 cm³/mol. The van der Waals surface area contributed by atoms with Crippen LogP contribution in [0.5, 0.6) is 5.75 Å². The fourth-order valence-electron chi connectivity index (χ4n) is 3.67. The number of hydrogen-bond acceptors (Lipinski definition) is 4. The van der Waals surface area contributed by atoms with Crippen LogP contribution in [0.1, 0.15) is 52.5 Å². The minimum absolute atomic E-state index is 0.125. The van der Waals surface area contributed by atoms with E-state index in [0.29, 0.717) is 6.10 Å². The molecule has 3 rings (SSSR count). The molecule has 25 heavy (non-hydrogen) atoms. The van der Waals surface area contributed by atoms with Gasteiger partial charge in [0.2, 0.25) is 0 Å². The first-order chi connectivity index (χ1) is 11.9. The van der Waals surface area contributed by atoms with Crippen molar-refractivity contribution in [3.8, 4) is 5.75 Å². The molecule has 5 heteroatoms. The van der Waals surface area contributed by atoms with E-state index in [0.717, 1.165) is 44.5 Å². The number of carbonyl (C=O) groups excluding carboxylic acids is 1. The van der Waals surface area contributed by atoms with Gasteiger partial charge in [0, 0.05) is 30.8 Å². The fraction of sp³-hybridized carbons (Fsp3) is 0.650. The van der Waals surface area contributed by atoms with Gasteiger partial charge in [0.1, 0.15) is 17.5 Å². The summed E-state index contributed by atoms with van der Waals surface area (Å²) in [5.41, 5.74) is 2.11. The molecule has 1 fully saturated rings. The van der Waals surface area contributed by atoms with Crippen molar-refractivity contribution >= 4 is 11.8 Å². The Kier molecular flexibility index (Phi) is 5.11. The van der Waals surface area contributed by atoms with E-state index < -0.39 is 5.60 Å². The van der Waals surface area contributed by atoms with Gasteiger partial charge in [-0.2, -0.15) is 0 Å². The first-order valence-corrected chi connectivity index (χ1v) is 9.38. The van der Waals surface area contributed by atoms with Crippen molar-refractivity contribution in [2.45, 2.75) is 71.1 Å². The first-order valence-electron chi connectivity index (χ1n) is 9.38. The van der Waals surface area contributed by atoms with Gasteiger partial charge in [-0.3, -0.25) is 0 Å². The van der Waals surface area contributed by atoms with Crippen LogP contribution < -0.4 is 15.0 Å². The number of nitrogens with zero attached hydrogens (tertiary/aromatic N) is 1. The predicted octanol–water partition coefficient (Wildman–Crippen LogP) is 3.89. The van der Waals surface area contributed by atoms with Crippen molar-refractivity contribution in [2.75, 3.05) is 18.0 Å². The average molecular weight is 346 g/mol. The molecule has 2 unspecified atom stereocenters. The summed E-state index contributed by atoms with van der Waals surface area (Å²) < 4.78 is 11.4. The molecule has 2 heterocycles. The lowest BCUT2D eigenvalue weighted by Crippen LogP contribution is -2.40. The quantitative estimate of drug-likeness (QED) is 0.898. The molecule has 1 saturated heterocycles. The van der Waals surface area contributed by atoms with Crippen molar-refractivity contribution in [3.05, 3.63) is 23.8 Å². The molecular weight excluding hydrogens is 316 g/mol. The Hall–Kier alpha value is -1.91. The lowest BCUT2D eigenvalue weighted by atomic mass is 10.0. The minimum atomic E-state index is -0.464. The van der Waals surface area contributed by atoms with Gasteiger partial charge in [-0.1, -0.05) is 19.4 Å². The largest absolute Gasteiger partial charge is 0.490 e. The van der Waals surface area contributed by atoms with Gasteiger partial charge in [-0.15, -0.1) is 0 Å². The monoisotopic (exact) mass is 346 g/mol. The summed E-state index contributed by atoms with van der Waals surface area (Å²) in [5.74, 6) is 1.03. The number of alkyl carbamates (subject to hydrolysis) is 1. The number of anilines is 1. The van der Waals surface area contributed by atoms with Crippen LogP contribution in [-0.4, -0.2) is 36.9 Å². The van der Waals surface area contributed by atoms with Crippen LogP contribution in [0, 0.1) is 0 Å². The standard InChI is InChI=1S/C20H30N2O3/c1-5-7-15-12-16-17(8-6-9-18(16)24-15)22-11-10-14(13-22)21-19(23)25-20(2,3)4/h6,8-9,14-15H,5,7,10-13H2,1-4H3,(H,21,23). The number of carbonyl (C=O) groups is 1. The number of benzene rings is 1. The molecule has 0 radical (unpaired) electrons. The first kappa shape index (κ1) is 17.9. The molecular formula is C20H30N2O3. The second-order valence-electron chi connectivity index (χ2n) is 8.06. The van der Waals surface area contributed by atoms with Gasteiger partial charge in [-0.05, 0) is 45.7 Å².